The third kappa shape index (κ3) is 3.01. The van der Waals surface area contributed by atoms with Gasteiger partial charge in [0.15, 0.2) is 5.16 Å². The van der Waals surface area contributed by atoms with Crippen LogP contribution in [0, 0.1) is 5.82 Å². The van der Waals surface area contributed by atoms with E-state index in [1.165, 1.54) is 23.9 Å². The Labute approximate surface area is 103 Å². The van der Waals surface area contributed by atoms with Gasteiger partial charge < -0.3 is 5.11 Å². The fraction of sp³-hybridized carbons (Fsp3) is 0.167. The molecular formula is C12H11FN2OS. The van der Waals surface area contributed by atoms with Crippen LogP contribution in [0.2, 0.25) is 0 Å². The van der Waals surface area contributed by atoms with E-state index in [4.69, 9.17) is 0 Å². The first-order valence-corrected chi connectivity index (χ1v) is 5.91. The van der Waals surface area contributed by atoms with Crippen molar-refractivity contribution in [2.45, 2.75) is 23.1 Å². The molecule has 0 saturated carbocycles. The zero-order chi connectivity index (χ0) is 12.3. The van der Waals surface area contributed by atoms with Crippen LogP contribution in [0.15, 0.2) is 46.7 Å². The van der Waals surface area contributed by atoms with Gasteiger partial charge in [-0.15, -0.1) is 0 Å². The minimum atomic E-state index is -0.725. The SMILES string of the molecule is C[C@H](O)c1cc(F)ccc1Sc1ncccn1. The molecule has 1 aromatic heterocycles. The van der Waals surface area contributed by atoms with E-state index in [1.807, 2.05) is 0 Å². The average molecular weight is 250 g/mol. The highest BCUT2D eigenvalue weighted by molar-refractivity contribution is 7.99. The molecule has 0 bridgehead atoms. The first kappa shape index (κ1) is 12.0. The lowest BCUT2D eigenvalue weighted by atomic mass is 10.1. The molecule has 0 fully saturated rings. The van der Waals surface area contributed by atoms with Crippen LogP contribution in [-0.2, 0) is 0 Å². The maximum atomic E-state index is 13.1. The quantitative estimate of drug-likeness (QED) is 0.851. The summed E-state index contributed by atoms with van der Waals surface area (Å²) >= 11 is 1.30. The molecule has 0 aliphatic rings. The van der Waals surface area contributed by atoms with Crippen LogP contribution in [0.3, 0.4) is 0 Å². The number of nitrogens with zero attached hydrogens (tertiary/aromatic N) is 2. The molecule has 0 amide bonds. The zero-order valence-corrected chi connectivity index (χ0v) is 9.99. The Morgan fingerprint density at radius 2 is 2.00 bits per heavy atom. The van der Waals surface area contributed by atoms with E-state index in [9.17, 15) is 9.50 Å². The van der Waals surface area contributed by atoms with Crippen LogP contribution in [0.25, 0.3) is 0 Å². The van der Waals surface area contributed by atoms with Crippen LogP contribution in [-0.4, -0.2) is 15.1 Å². The molecule has 3 nitrogen and oxygen atoms in total. The fourth-order valence-electron chi connectivity index (χ4n) is 1.38. The Balaban J connectivity index is 2.33. The van der Waals surface area contributed by atoms with E-state index >= 15 is 0 Å². The normalized spacial score (nSPS) is 12.4. The van der Waals surface area contributed by atoms with Gasteiger partial charge in [0.2, 0.25) is 0 Å². The maximum absolute atomic E-state index is 13.1. The highest BCUT2D eigenvalue weighted by Crippen LogP contribution is 2.31. The monoisotopic (exact) mass is 250 g/mol. The minimum absolute atomic E-state index is 0.362. The Hall–Kier alpha value is -1.46. The predicted octanol–water partition coefficient (Wildman–Crippen LogP) is 2.82. The van der Waals surface area contributed by atoms with Crippen LogP contribution in [0.4, 0.5) is 4.39 Å². The van der Waals surface area contributed by atoms with Crippen molar-refractivity contribution in [2.75, 3.05) is 0 Å². The molecule has 2 rings (SSSR count). The van der Waals surface area contributed by atoms with E-state index in [1.54, 1.807) is 31.5 Å². The molecule has 1 aromatic carbocycles. The Kier molecular flexibility index (Phi) is 3.71. The molecule has 0 spiro atoms. The smallest absolute Gasteiger partial charge is 0.192 e. The van der Waals surface area contributed by atoms with Crippen LogP contribution in [0.1, 0.15) is 18.6 Å². The molecule has 0 saturated heterocycles. The molecule has 5 heteroatoms. The molecule has 0 aliphatic heterocycles. The highest BCUT2D eigenvalue weighted by atomic mass is 32.2. The van der Waals surface area contributed by atoms with Gasteiger partial charge in [-0.25, -0.2) is 14.4 Å². The molecule has 1 atom stereocenters. The Morgan fingerprint density at radius 3 is 2.65 bits per heavy atom. The summed E-state index contributed by atoms with van der Waals surface area (Å²) < 4.78 is 13.1. The number of rotatable bonds is 3. The maximum Gasteiger partial charge on any atom is 0.192 e. The summed E-state index contributed by atoms with van der Waals surface area (Å²) in [5, 5.41) is 10.2. The summed E-state index contributed by atoms with van der Waals surface area (Å²) in [5.41, 5.74) is 0.544. The van der Waals surface area contributed by atoms with Crippen molar-refractivity contribution in [3.05, 3.63) is 48.0 Å². The number of hydrogen-bond acceptors (Lipinski definition) is 4. The minimum Gasteiger partial charge on any atom is -0.389 e. The summed E-state index contributed by atoms with van der Waals surface area (Å²) in [6, 6.07) is 6.04. The van der Waals surface area contributed by atoms with Gasteiger partial charge in [-0.2, -0.15) is 0 Å². The van der Waals surface area contributed by atoms with Gasteiger partial charge in [-0.05, 0) is 48.5 Å². The lowest BCUT2D eigenvalue weighted by molar-refractivity contribution is 0.196. The van der Waals surface area contributed by atoms with Crippen molar-refractivity contribution >= 4 is 11.8 Å². The van der Waals surface area contributed by atoms with Crippen molar-refractivity contribution in [2.24, 2.45) is 0 Å². The molecule has 2 aromatic rings. The number of halogens is 1. The van der Waals surface area contributed by atoms with Crippen molar-refractivity contribution < 1.29 is 9.50 Å². The Morgan fingerprint density at radius 1 is 1.29 bits per heavy atom. The lowest BCUT2D eigenvalue weighted by Gasteiger charge is -2.10. The molecule has 17 heavy (non-hydrogen) atoms. The second kappa shape index (κ2) is 5.25. The van der Waals surface area contributed by atoms with E-state index in [-0.39, 0.29) is 5.82 Å². The van der Waals surface area contributed by atoms with E-state index in [2.05, 4.69) is 9.97 Å². The Bertz CT molecular complexity index is 505. The average Bonchev–Trinajstić information content (AvgIpc) is 2.32. The largest absolute Gasteiger partial charge is 0.389 e. The topological polar surface area (TPSA) is 46.0 Å². The second-order valence-corrected chi connectivity index (χ2v) is 4.50. The van der Waals surface area contributed by atoms with Crippen LogP contribution in [0.5, 0.6) is 0 Å². The predicted molar refractivity (Wildman–Crippen MR) is 63.2 cm³/mol. The summed E-state index contributed by atoms with van der Waals surface area (Å²) in [5.74, 6) is -0.362. The third-order valence-electron chi connectivity index (χ3n) is 2.17. The lowest BCUT2D eigenvalue weighted by Crippen LogP contribution is -1.96. The van der Waals surface area contributed by atoms with Crippen molar-refractivity contribution in [3.63, 3.8) is 0 Å². The molecular weight excluding hydrogens is 239 g/mol. The summed E-state index contributed by atoms with van der Waals surface area (Å²) in [6.45, 7) is 1.60. The summed E-state index contributed by atoms with van der Waals surface area (Å²) in [7, 11) is 0. The van der Waals surface area contributed by atoms with Gasteiger partial charge in [0.05, 0.1) is 6.10 Å². The van der Waals surface area contributed by atoms with Crippen LogP contribution < -0.4 is 0 Å². The number of aliphatic hydroxyl groups excluding tert-OH is 1. The zero-order valence-electron chi connectivity index (χ0n) is 9.17. The fourth-order valence-corrected chi connectivity index (χ4v) is 2.28. The first-order chi connectivity index (χ1) is 8.16. The molecule has 88 valence electrons. The van der Waals surface area contributed by atoms with Crippen LogP contribution >= 0.6 is 11.8 Å². The summed E-state index contributed by atoms with van der Waals surface area (Å²) in [6.07, 6.45) is 2.55. The standard InChI is InChI=1S/C12H11FN2OS/c1-8(16)10-7-9(13)3-4-11(10)17-12-14-5-2-6-15-12/h2-8,16H,1H3/t8-/m0/s1. The van der Waals surface area contributed by atoms with Gasteiger partial charge in [-0.1, -0.05) is 0 Å². The molecule has 1 N–H and O–H groups in total. The highest BCUT2D eigenvalue weighted by Gasteiger charge is 2.11. The number of aromatic nitrogens is 2. The second-order valence-electron chi connectivity index (χ2n) is 3.49. The van der Waals surface area contributed by atoms with Gasteiger partial charge in [0.1, 0.15) is 5.82 Å². The van der Waals surface area contributed by atoms with Gasteiger partial charge in [-0.3, -0.25) is 0 Å². The number of hydrogen-bond donors (Lipinski definition) is 1. The first-order valence-electron chi connectivity index (χ1n) is 5.09. The van der Waals surface area contributed by atoms with E-state index in [0.717, 1.165) is 4.90 Å². The van der Waals surface area contributed by atoms with Gasteiger partial charge >= 0.3 is 0 Å². The van der Waals surface area contributed by atoms with Crippen molar-refractivity contribution in [3.8, 4) is 0 Å². The molecule has 0 unspecified atom stereocenters. The van der Waals surface area contributed by atoms with E-state index in [0.29, 0.717) is 10.7 Å². The molecule has 1 heterocycles. The van der Waals surface area contributed by atoms with Gasteiger partial charge in [0, 0.05) is 17.3 Å². The summed E-state index contributed by atoms with van der Waals surface area (Å²) in [4.78, 5) is 8.90. The van der Waals surface area contributed by atoms with Gasteiger partial charge in [0.25, 0.3) is 0 Å². The van der Waals surface area contributed by atoms with Crippen molar-refractivity contribution in [1.29, 1.82) is 0 Å². The third-order valence-corrected chi connectivity index (χ3v) is 3.15. The number of benzene rings is 1. The number of aliphatic hydroxyl groups is 1. The van der Waals surface area contributed by atoms with Crippen molar-refractivity contribution in [1.82, 2.24) is 9.97 Å². The molecule has 0 aliphatic carbocycles. The van der Waals surface area contributed by atoms with E-state index < -0.39 is 6.10 Å². The molecule has 0 radical (unpaired) electrons.